The fourth-order valence-corrected chi connectivity index (χ4v) is 2.40. The van der Waals surface area contributed by atoms with Crippen molar-refractivity contribution < 1.29 is 14.6 Å². The number of aliphatic hydroxyl groups excluding tert-OH is 1. The first-order valence-electron chi connectivity index (χ1n) is 9.26. The predicted octanol–water partition coefficient (Wildman–Crippen LogP) is 3.02. The lowest BCUT2D eigenvalue weighted by atomic mass is 10.1. The molecule has 0 saturated heterocycles. The number of hydrogen-bond donors (Lipinski definition) is 3. The second-order valence-corrected chi connectivity index (χ2v) is 6.33. The molecular weight excluding hydrogens is 328 g/mol. The molecule has 1 atom stereocenters. The normalized spacial score (nSPS) is 11.9. The largest absolute Gasteiger partial charge is 0.494 e. The number of benzene rings is 2. The topological polar surface area (TPSA) is 76.7 Å². The smallest absolute Gasteiger partial charge is 0.119 e. The number of nitrogen functional groups attached to an aromatic ring is 1. The minimum atomic E-state index is -0.554. The van der Waals surface area contributed by atoms with Gasteiger partial charge in [0.1, 0.15) is 24.2 Å². The van der Waals surface area contributed by atoms with Crippen LogP contribution in [0.1, 0.15) is 25.3 Å². The van der Waals surface area contributed by atoms with Gasteiger partial charge < -0.3 is 25.6 Å². The van der Waals surface area contributed by atoms with E-state index in [1.54, 1.807) is 0 Å². The standard InChI is InChI=1S/C21H30N2O3/c1-2-3-14-25-20-8-10-21(11-9-20)26-16-19(24)15-23-13-12-17-4-6-18(22)7-5-17/h4-11,19,23-24H,2-3,12-16,22H2,1H3. The summed E-state index contributed by atoms with van der Waals surface area (Å²) in [5.74, 6) is 1.57. The third-order valence-electron chi connectivity index (χ3n) is 3.98. The van der Waals surface area contributed by atoms with Crippen molar-refractivity contribution in [3.63, 3.8) is 0 Å². The number of ether oxygens (including phenoxy) is 2. The summed E-state index contributed by atoms with van der Waals surface area (Å²) in [4.78, 5) is 0. The van der Waals surface area contributed by atoms with Crippen LogP contribution in [0.3, 0.4) is 0 Å². The van der Waals surface area contributed by atoms with Crippen LogP contribution in [0.4, 0.5) is 5.69 Å². The van der Waals surface area contributed by atoms with Gasteiger partial charge in [-0.15, -0.1) is 0 Å². The lowest BCUT2D eigenvalue weighted by molar-refractivity contribution is 0.106. The zero-order valence-electron chi connectivity index (χ0n) is 15.5. The predicted molar refractivity (Wildman–Crippen MR) is 106 cm³/mol. The number of anilines is 1. The minimum absolute atomic E-state index is 0.255. The highest BCUT2D eigenvalue weighted by Gasteiger charge is 2.05. The number of aliphatic hydroxyl groups is 1. The first kappa shape index (κ1) is 20.1. The molecule has 4 N–H and O–H groups in total. The van der Waals surface area contributed by atoms with Crippen molar-refractivity contribution >= 4 is 5.69 Å². The molecule has 2 rings (SSSR count). The Balaban J connectivity index is 1.59. The zero-order valence-corrected chi connectivity index (χ0v) is 15.5. The summed E-state index contributed by atoms with van der Waals surface area (Å²) in [7, 11) is 0. The van der Waals surface area contributed by atoms with Crippen LogP contribution in [0, 0.1) is 0 Å². The van der Waals surface area contributed by atoms with Crippen LogP contribution in [0.15, 0.2) is 48.5 Å². The molecule has 0 radical (unpaired) electrons. The van der Waals surface area contributed by atoms with Crippen molar-refractivity contribution in [3.8, 4) is 11.5 Å². The Morgan fingerprint density at radius 3 is 2.31 bits per heavy atom. The van der Waals surface area contributed by atoms with E-state index in [9.17, 15) is 5.11 Å². The van der Waals surface area contributed by atoms with Crippen LogP contribution in [-0.4, -0.2) is 37.5 Å². The fourth-order valence-electron chi connectivity index (χ4n) is 2.40. The summed E-state index contributed by atoms with van der Waals surface area (Å²) in [5, 5.41) is 13.3. The molecule has 0 aliphatic heterocycles. The van der Waals surface area contributed by atoms with E-state index in [4.69, 9.17) is 15.2 Å². The number of rotatable bonds is 12. The molecule has 0 heterocycles. The molecule has 2 aromatic carbocycles. The lowest BCUT2D eigenvalue weighted by Gasteiger charge is -2.14. The van der Waals surface area contributed by atoms with Gasteiger partial charge in [-0.2, -0.15) is 0 Å². The highest BCUT2D eigenvalue weighted by molar-refractivity contribution is 5.39. The van der Waals surface area contributed by atoms with Gasteiger partial charge in [0.2, 0.25) is 0 Å². The molecule has 0 fully saturated rings. The molecule has 26 heavy (non-hydrogen) atoms. The molecule has 0 saturated carbocycles. The Morgan fingerprint density at radius 1 is 1.00 bits per heavy atom. The maximum Gasteiger partial charge on any atom is 0.119 e. The third-order valence-corrected chi connectivity index (χ3v) is 3.98. The van der Waals surface area contributed by atoms with Gasteiger partial charge in [0.25, 0.3) is 0 Å². The SMILES string of the molecule is CCCCOc1ccc(OCC(O)CNCCc2ccc(N)cc2)cc1. The van der Waals surface area contributed by atoms with E-state index in [2.05, 4.69) is 12.2 Å². The molecule has 0 spiro atoms. The monoisotopic (exact) mass is 358 g/mol. The van der Waals surface area contributed by atoms with Crippen LogP contribution >= 0.6 is 0 Å². The zero-order chi connectivity index (χ0) is 18.6. The van der Waals surface area contributed by atoms with Crippen molar-refractivity contribution in [2.45, 2.75) is 32.3 Å². The summed E-state index contributed by atoms with van der Waals surface area (Å²) in [6.45, 7) is 4.42. The molecule has 1 unspecified atom stereocenters. The number of unbranched alkanes of at least 4 members (excludes halogenated alkanes) is 1. The molecule has 142 valence electrons. The van der Waals surface area contributed by atoms with Gasteiger partial charge in [-0.1, -0.05) is 25.5 Å². The highest BCUT2D eigenvalue weighted by atomic mass is 16.5. The van der Waals surface area contributed by atoms with Crippen molar-refractivity contribution in [3.05, 3.63) is 54.1 Å². The Morgan fingerprint density at radius 2 is 1.65 bits per heavy atom. The van der Waals surface area contributed by atoms with Gasteiger partial charge in [0.05, 0.1) is 6.61 Å². The molecule has 0 bridgehead atoms. The lowest BCUT2D eigenvalue weighted by Crippen LogP contribution is -2.32. The second kappa shape index (κ2) is 11.4. The Kier molecular flexibility index (Phi) is 8.79. The highest BCUT2D eigenvalue weighted by Crippen LogP contribution is 2.18. The Labute approximate surface area is 156 Å². The van der Waals surface area contributed by atoms with Crippen LogP contribution in [-0.2, 0) is 6.42 Å². The number of nitrogens with one attached hydrogen (secondary N) is 1. The Hall–Kier alpha value is -2.24. The summed E-state index contributed by atoms with van der Waals surface area (Å²) < 4.78 is 11.2. The van der Waals surface area contributed by atoms with E-state index in [0.29, 0.717) is 6.54 Å². The maximum atomic E-state index is 10.0. The average molecular weight is 358 g/mol. The van der Waals surface area contributed by atoms with E-state index >= 15 is 0 Å². The molecule has 5 heteroatoms. The van der Waals surface area contributed by atoms with Crippen LogP contribution in [0.2, 0.25) is 0 Å². The van der Waals surface area contributed by atoms with Crippen LogP contribution in [0.25, 0.3) is 0 Å². The van der Waals surface area contributed by atoms with Crippen LogP contribution < -0.4 is 20.5 Å². The van der Waals surface area contributed by atoms with Crippen molar-refractivity contribution in [2.24, 2.45) is 0 Å². The van der Waals surface area contributed by atoms with Gasteiger partial charge in [-0.3, -0.25) is 0 Å². The fraction of sp³-hybridized carbons (Fsp3) is 0.429. The number of nitrogens with two attached hydrogens (primary N) is 1. The quantitative estimate of drug-likeness (QED) is 0.402. The van der Waals surface area contributed by atoms with E-state index < -0.39 is 6.10 Å². The minimum Gasteiger partial charge on any atom is -0.494 e. The summed E-state index contributed by atoms with van der Waals surface area (Å²) in [5.41, 5.74) is 7.66. The molecular formula is C21H30N2O3. The Bertz CT molecular complexity index is 614. The maximum absolute atomic E-state index is 10.0. The van der Waals surface area contributed by atoms with E-state index in [-0.39, 0.29) is 6.61 Å². The molecule has 5 nitrogen and oxygen atoms in total. The number of hydrogen-bond acceptors (Lipinski definition) is 5. The van der Waals surface area contributed by atoms with Gasteiger partial charge >= 0.3 is 0 Å². The van der Waals surface area contributed by atoms with Crippen LogP contribution in [0.5, 0.6) is 11.5 Å². The third kappa shape index (κ3) is 7.76. The average Bonchev–Trinajstić information content (AvgIpc) is 2.66. The molecule has 0 aliphatic carbocycles. The molecule has 0 aliphatic rings. The first-order chi connectivity index (χ1) is 12.7. The molecule has 0 aromatic heterocycles. The van der Waals surface area contributed by atoms with Gasteiger partial charge in [0.15, 0.2) is 0 Å². The molecule has 2 aromatic rings. The second-order valence-electron chi connectivity index (χ2n) is 6.33. The van der Waals surface area contributed by atoms with E-state index in [1.165, 1.54) is 5.56 Å². The van der Waals surface area contributed by atoms with Gasteiger partial charge in [-0.25, -0.2) is 0 Å². The van der Waals surface area contributed by atoms with E-state index in [1.807, 2.05) is 48.5 Å². The van der Waals surface area contributed by atoms with E-state index in [0.717, 1.165) is 49.6 Å². The van der Waals surface area contributed by atoms with Crippen molar-refractivity contribution in [1.29, 1.82) is 0 Å². The summed E-state index contributed by atoms with van der Waals surface area (Å²) in [6.07, 6.45) is 2.51. The van der Waals surface area contributed by atoms with Crippen molar-refractivity contribution in [2.75, 3.05) is 32.0 Å². The van der Waals surface area contributed by atoms with Crippen molar-refractivity contribution in [1.82, 2.24) is 5.32 Å². The molecule has 0 amide bonds. The van der Waals surface area contributed by atoms with Gasteiger partial charge in [-0.05, 0) is 61.3 Å². The first-order valence-corrected chi connectivity index (χ1v) is 9.26. The summed E-state index contributed by atoms with van der Waals surface area (Å²) >= 11 is 0. The summed E-state index contributed by atoms with van der Waals surface area (Å²) in [6, 6.07) is 15.4. The van der Waals surface area contributed by atoms with Gasteiger partial charge in [0, 0.05) is 12.2 Å².